The molecule has 27 heavy (non-hydrogen) atoms. The third-order valence-electron chi connectivity index (χ3n) is 3.51. The first-order valence-corrected chi connectivity index (χ1v) is 8.32. The molecule has 0 saturated carbocycles. The van der Waals surface area contributed by atoms with Crippen molar-refractivity contribution in [2.75, 3.05) is 57.7 Å². The number of carbonyl (C=O) groups is 2. The molecule has 0 radical (unpaired) electrons. The van der Waals surface area contributed by atoms with Crippen LogP contribution in [0.25, 0.3) is 0 Å². The van der Waals surface area contributed by atoms with Gasteiger partial charge in [-0.1, -0.05) is 12.1 Å². The van der Waals surface area contributed by atoms with E-state index in [-0.39, 0.29) is 0 Å². The first-order chi connectivity index (χ1) is 12.8. The van der Waals surface area contributed by atoms with Crippen LogP contribution in [-0.2, 0) is 14.3 Å². The van der Waals surface area contributed by atoms with Gasteiger partial charge in [0, 0.05) is 46.4 Å². The zero-order valence-corrected chi connectivity index (χ0v) is 15.8. The molecule has 9 nitrogen and oxygen atoms in total. The Bertz CT molecular complexity index is 666. The van der Waals surface area contributed by atoms with E-state index in [1.54, 1.807) is 7.05 Å². The number of aliphatic imine (C=N–C) groups is 1. The Morgan fingerprint density at radius 1 is 1.15 bits per heavy atom. The van der Waals surface area contributed by atoms with Gasteiger partial charge in [-0.05, 0) is 12.1 Å². The number of carboxylic acid groups (broad SMARTS) is 2. The molecule has 1 fully saturated rings. The molecule has 1 saturated heterocycles. The Balaban J connectivity index is 0.000000387. The van der Waals surface area contributed by atoms with Gasteiger partial charge in [-0.2, -0.15) is 0 Å². The zero-order chi connectivity index (χ0) is 20.2. The van der Waals surface area contributed by atoms with Crippen molar-refractivity contribution in [3.63, 3.8) is 0 Å². The fourth-order valence-corrected chi connectivity index (χ4v) is 2.29. The SMILES string of the molecule is CN=C(Nc1ccccc1N1CCOCC1)N(C)C.O=C(O)/C=C/C(=O)O. The molecule has 0 aliphatic carbocycles. The molecular weight excluding hydrogens is 352 g/mol. The highest BCUT2D eigenvalue weighted by molar-refractivity contribution is 5.96. The van der Waals surface area contributed by atoms with Crippen LogP contribution in [0.2, 0.25) is 0 Å². The lowest BCUT2D eigenvalue weighted by atomic mass is 10.2. The van der Waals surface area contributed by atoms with Gasteiger partial charge in [0.25, 0.3) is 0 Å². The molecule has 0 amide bonds. The normalized spacial score (nSPS) is 14.3. The summed E-state index contributed by atoms with van der Waals surface area (Å²) in [6, 6.07) is 8.32. The van der Waals surface area contributed by atoms with Gasteiger partial charge < -0.3 is 30.1 Å². The van der Waals surface area contributed by atoms with Crippen LogP contribution in [0, 0.1) is 0 Å². The van der Waals surface area contributed by atoms with E-state index < -0.39 is 11.9 Å². The minimum atomic E-state index is -1.26. The third kappa shape index (κ3) is 8.23. The predicted octanol–water partition coefficient (Wildman–Crippen LogP) is 1.19. The fraction of sp³-hybridized carbons (Fsp3) is 0.389. The van der Waals surface area contributed by atoms with Gasteiger partial charge in [0.2, 0.25) is 0 Å². The number of nitrogens with one attached hydrogen (secondary N) is 1. The zero-order valence-electron chi connectivity index (χ0n) is 15.8. The average molecular weight is 378 g/mol. The second kappa shape index (κ2) is 11.5. The summed E-state index contributed by atoms with van der Waals surface area (Å²) in [7, 11) is 5.75. The van der Waals surface area contributed by atoms with Crippen LogP contribution in [-0.4, -0.2) is 80.5 Å². The number of guanidine groups is 1. The summed E-state index contributed by atoms with van der Waals surface area (Å²) in [6.45, 7) is 3.44. The van der Waals surface area contributed by atoms with E-state index in [2.05, 4.69) is 33.4 Å². The van der Waals surface area contributed by atoms with Crippen LogP contribution in [0.1, 0.15) is 0 Å². The van der Waals surface area contributed by atoms with Crippen LogP contribution in [0.3, 0.4) is 0 Å². The molecule has 1 aliphatic rings. The van der Waals surface area contributed by atoms with Gasteiger partial charge >= 0.3 is 11.9 Å². The van der Waals surface area contributed by atoms with Crippen molar-refractivity contribution in [2.45, 2.75) is 0 Å². The first kappa shape index (κ1) is 22.0. The highest BCUT2D eigenvalue weighted by Gasteiger charge is 2.15. The van der Waals surface area contributed by atoms with Crippen molar-refractivity contribution in [3.05, 3.63) is 36.4 Å². The summed E-state index contributed by atoms with van der Waals surface area (Å²) in [5.41, 5.74) is 2.28. The van der Waals surface area contributed by atoms with Gasteiger partial charge in [0.15, 0.2) is 5.96 Å². The number of carboxylic acids is 2. The molecule has 0 unspecified atom stereocenters. The standard InChI is InChI=1S/C14H22N4O.C4H4O4/c1-15-14(17(2)3)16-12-6-4-5-7-13(12)18-8-10-19-11-9-18;5-3(6)1-2-4(7)8/h4-7H,8-11H2,1-3H3,(H,15,16);1-2H,(H,5,6)(H,7,8)/b;2-1+. The van der Waals surface area contributed by atoms with E-state index in [4.69, 9.17) is 14.9 Å². The average Bonchev–Trinajstić information content (AvgIpc) is 2.65. The summed E-state index contributed by atoms with van der Waals surface area (Å²) in [5, 5.41) is 19.0. The van der Waals surface area contributed by atoms with E-state index in [0.29, 0.717) is 12.2 Å². The number of nitrogens with zero attached hydrogens (tertiary/aromatic N) is 3. The molecule has 9 heteroatoms. The van der Waals surface area contributed by atoms with Gasteiger partial charge in [0.05, 0.1) is 24.6 Å². The molecular formula is C18H26N4O5. The van der Waals surface area contributed by atoms with E-state index >= 15 is 0 Å². The molecule has 1 aromatic carbocycles. The number of benzene rings is 1. The number of ether oxygens (including phenoxy) is 1. The number of hydrogen-bond acceptors (Lipinski definition) is 5. The van der Waals surface area contributed by atoms with Crippen molar-refractivity contribution in [1.82, 2.24) is 4.90 Å². The van der Waals surface area contributed by atoms with Gasteiger partial charge in [0.1, 0.15) is 0 Å². The molecule has 0 bridgehead atoms. The minimum Gasteiger partial charge on any atom is -0.478 e. The fourth-order valence-electron chi connectivity index (χ4n) is 2.29. The molecule has 3 N–H and O–H groups in total. The van der Waals surface area contributed by atoms with Crippen LogP contribution in [0.4, 0.5) is 11.4 Å². The van der Waals surface area contributed by atoms with Crippen molar-refractivity contribution in [2.24, 2.45) is 4.99 Å². The molecule has 0 aromatic heterocycles. The number of morpholine rings is 1. The van der Waals surface area contributed by atoms with Crippen LogP contribution < -0.4 is 10.2 Å². The first-order valence-electron chi connectivity index (χ1n) is 8.32. The lowest BCUT2D eigenvalue weighted by Gasteiger charge is -2.31. The van der Waals surface area contributed by atoms with Crippen LogP contribution >= 0.6 is 0 Å². The minimum absolute atomic E-state index is 0.558. The lowest BCUT2D eigenvalue weighted by molar-refractivity contribution is -0.134. The van der Waals surface area contributed by atoms with Crippen molar-refractivity contribution < 1.29 is 24.5 Å². The highest BCUT2D eigenvalue weighted by atomic mass is 16.5. The summed E-state index contributed by atoms with van der Waals surface area (Å²) in [5.74, 6) is -1.67. The molecule has 1 aliphatic heterocycles. The predicted molar refractivity (Wildman–Crippen MR) is 105 cm³/mol. The van der Waals surface area contributed by atoms with E-state index in [0.717, 1.165) is 38.0 Å². The quantitative estimate of drug-likeness (QED) is 0.407. The summed E-state index contributed by atoms with van der Waals surface area (Å²) in [4.78, 5) is 27.7. The number of rotatable bonds is 4. The lowest BCUT2D eigenvalue weighted by Crippen LogP contribution is -2.37. The van der Waals surface area contributed by atoms with E-state index in [1.807, 2.05) is 25.1 Å². The van der Waals surface area contributed by atoms with E-state index in [9.17, 15) is 9.59 Å². The topological polar surface area (TPSA) is 115 Å². The number of para-hydroxylation sites is 2. The number of anilines is 2. The molecule has 0 spiro atoms. The van der Waals surface area contributed by atoms with Gasteiger partial charge in [-0.3, -0.25) is 4.99 Å². The van der Waals surface area contributed by atoms with Crippen molar-refractivity contribution in [3.8, 4) is 0 Å². The monoisotopic (exact) mass is 378 g/mol. The molecule has 0 atom stereocenters. The molecule has 2 rings (SSSR count). The second-order valence-electron chi connectivity index (χ2n) is 5.69. The van der Waals surface area contributed by atoms with Crippen LogP contribution in [0.15, 0.2) is 41.4 Å². The largest absolute Gasteiger partial charge is 0.478 e. The third-order valence-corrected chi connectivity index (χ3v) is 3.51. The van der Waals surface area contributed by atoms with Gasteiger partial charge in [-0.25, -0.2) is 9.59 Å². The van der Waals surface area contributed by atoms with Crippen LogP contribution in [0.5, 0.6) is 0 Å². The summed E-state index contributed by atoms with van der Waals surface area (Å²) < 4.78 is 5.41. The Morgan fingerprint density at radius 2 is 1.70 bits per heavy atom. The van der Waals surface area contributed by atoms with Crippen molar-refractivity contribution >= 4 is 29.3 Å². The van der Waals surface area contributed by atoms with Gasteiger partial charge in [-0.15, -0.1) is 0 Å². The maximum Gasteiger partial charge on any atom is 0.328 e. The maximum atomic E-state index is 9.55. The molecule has 1 heterocycles. The van der Waals surface area contributed by atoms with E-state index in [1.165, 1.54) is 5.69 Å². The number of hydrogen-bond donors (Lipinski definition) is 3. The second-order valence-corrected chi connectivity index (χ2v) is 5.69. The summed E-state index contributed by atoms with van der Waals surface area (Å²) >= 11 is 0. The highest BCUT2D eigenvalue weighted by Crippen LogP contribution is 2.26. The Kier molecular flexibility index (Phi) is 9.38. The number of aliphatic carboxylic acids is 2. The Morgan fingerprint density at radius 3 is 2.19 bits per heavy atom. The maximum absolute atomic E-state index is 9.55. The Hall–Kier alpha value is -3.07. The van der Waals surface area contributed by atoms with Crippen molar-refractivity contribution in [1.29, 1.82) is 0 Å². The Labute approximate surface area is 158 Å². The molecule has 148 valence electrons. The smallest absolute Gasteiger partial charge is 0.328 e. The summed E-state index contributed by atoms with van der Waals surface area (Å²) in [6.07, 6.45) is 1.12. The molecule has 1 aromatic rings.